The molecule has 1 amide bonds. The van der Waals surface area contributed by atoms with Gasteiger partial charge in [0, 0.05) is 26.2 Å². The van der Waals surface area contributed by atoms with Crippen LogP contribution < -0.4 is 4.90 Å². The Kier molecular flexibility index (Phi) is 6.62. The summed E-state index contributed by atoms with van der Waals surface area (Å²) in [5.74, 6) is 0.852. The number of anilines is 1. The Morgan fingerprint density at radius 1 is 0.867 bits per heavy atom. The van der Waals surface area contributed by atoms with Gasteiger partial charge in [0.05, 0.1) is 0 Å². The van der Waals surface area contributed by atoms with Gasteiger partial charge in [-0.25, -0.2) is 4.98 Å². The second kappa shape index (κ2) is 9.74. The summed E-state index contributed by atoms with van der Waals surface area (Å²) in [6, 6.07) is 25.6. The van der Waals surface area contributed by atoms with E-state index >= 15 is 0 Å². The molecule has 1 fully saturated rings. The van der Waals surface area contributed by atoms with Gasteiger partial charge in [0.25, 0.3) is 0 Å². The van der Waals surface area contributed by atoms with E-state index in [-0.39, 0.29) is 18.6 Å². The predicted octanol–water partition coefficient (Wildman–Crippen LogP) is 4.19. The number of aromatic nitrogens is 1. The molecule has 0 unspecified atom stereocenters. The summed E-state index contributed by atoms with van der Waals surface area (Å²) in [6.45, 7) is 2.76. The standard InChI is InChI=1S/C24H24ClN3O2/c25-21-12-7-13-22(26-21)27-14-16-28(17-15-27)23(29)18-30-24(19-8-3-1-4-9-19)20-10-5-2-6-11-20/h1-13,24H,14-18H2. The molecule has 154 valence electrons. The number of rotatable bonds is 6. The lowest BCUT2D eigenvalue weighted by molar-refractivity contribution is -0.137. The van der Waals surface area contributed by atoms with E-state index in [9.17, 15) is 4.79 Å². The Balaban J connectivity index is 1.36. The van der Waals surface area contributed by atoms with Gasteiger partial charge in [0.15, 0.2) is 0 Å². The van der Waals surface area contributed by atoms with Crippen LogP contribution in [0.3, 0.4) is 0 Å². The van der Waals surface area contributed by atoms with Gasteiger partial charge in [-0.3, -0.25) is 4.79 Å². The average Bonchev–Trinajstić information content (AvgIpc) is 2.81. The summed E-state index contributed by atoms with van der Waals surface area (Å²) in [4.78, 5) is 21.2. The van der Waals surface area contributed by atoms with Crippen molar-refractivity contribution >= 4 is 23.3 Å². The molecule has 3 aromatic rings. The molecule has 0 saturated carbocycles. The first-order chi connectivity index (χ1) is 14.7. The second-order valence-electron chi connectivity index (χ2n) is 7.20. The number of carbonyl (C=O) groups excluding carboxylic acids is 1. The minimum absolute atomic E-state index is 0.00515. The van der Waals surface area contributed by atoms with Crippen LogP contribution >= 0.6 is 11.6 Å². The van der Waals surface area contributed by atoms with Crippen LogP contribution in [0.1, 0.15) is 17.2 Å². The number of piperazine rings is 1. The van der Waals surface area contributed by atoms with Gasteiger partial charge in [-0.1, -0.05) is 78.3 Å². The summed E-state index contributed by atoms with van der Waals surface area (Å²) in [7, 11) is 0. The highest BCUT2D eigenvalue weighted by molar-refractivity contribution is 6.29. The minimum Gasteiger partial charge on any atom is -0.359 e. The van der Waals surface area contributed by atoms with Gasteiger partial charge in [0.2, 0.25) is 5.91 Å². The van der Waals surface area contributed by atoms with Crippen molar-refractivity contribution in [3.05, 3.63) is 95.1 Å². The highest BCUT2D eigenvalue weighted by Crippen LogP contribution is 2.26. The normalized spacial score (nSPS) is 14.2. The fourth-order valence-corrected chi connectivity index (χ4v) is 3.80. The first-order valence-electron chi connectivity index (χ1n) is 10.1. The molecule has 30 heavy (non-hydrogen) atoms. The molecule has 0 radical (unpaired) electrons. The molecule has 1 saturated heterocycles. The molecule has 4 rings (SSSR count). The number of hydrogen-bond acceptors (Lipinski definition) is 4. The van der Waals surface area contributed by atoms with Crippen LogP contribution in [0.25, 0.3) is 0 Å². The molecule has 0 spiro atoms. The van der Waals surface area contributed by atoms with Crippen LogP contribution in [-0.2, 0) is 9.53 Å². The minimum atomic E-state index is -0.270. The number of carbonyl (C=O) groups is 1. The number of hydrogen-bond donors (Lipinski definition) is 0. The van der Waals surface area contributed by atoms with Crippen molar-refractivity contribution in [1.29, 1.82) is 0 Å². The lowest BCUT2D eigenvalue weighted by atomic mass is 10.0. The molecule has 2 aromatic carbocycles. The molecule has 1 aliphatic heterocycles. The van der Waals surface area contributed by atoms with E-state index in [1.165, 1.54) is 0 Å². The molecular weight excluding hydrogens is 398 g/mol. The maximum absolute atomic E-state index is 12.8. The van der Waals surface area contributed by atoms with E-state index in [4.69, 9.17) is 16.3 Å². The molecule has 0 N–H and O–H groups in total. The largest absolute Gasteiger partial charge is 0.359 e. The molecule has 1 aromatic heterocycles. The third-order valence-electron chi connectivity index (χ3n) is 5.23. The monoisotopic (exact) mass is 421 g/mol. The third-order valence-corrected chi connectivity index (χ3v) is 5.45. The smallest absolute Gasteiger partial charge is 0.248 e. The van der Waals surface area contributed by atoms with Crippen molar-refractivity contribution in [3.8, 4) is 0 Å². The molecule has 0 atom stereocenters. The number of ether oxygens (including phenoxy) is 1. The van der Waals surface area contributed by atoms with Gasteiger partial charge in [-0.2, -0.15) is 0 Å². The number of amides is 1. The third kappa shape index (κ3) is 4.99. The van der Waals surface area contributed by atoms with Gasteiger partial charge < -0.3 is 14.5 Å². The lowest BCUT2D eigenvalue weighted by Crippen LogP contribution is -2.50. The van der Waals surface area contributed by atoms with E-state index in [1.807, 2.05) is 77.7 Å². The lowest BCUT2D eigenvalue weighted by Gasteiger charge is -2.35. The van der Waals surface area contributed by atoms with E-state index in [1.54, 1.807) is 6.07 Å². The highest BCUT2D eigenvalue weighted by Gasteiger charge is 2.24. The van der Waals surface area contributed by atoms with Crippen LogP contribution in [0.4, 0.5) is 5.82 Å². The van der Waals surface area contributed by atoms with Crippen molar-refractivity contribution in [1.82, 2.24) is 9.88 Å². The zero-order valence-electron chi connectivity index (χ0n) is 16.7. The summed E-state index contributed by atoms with van der Waals surface area (Å²) in [5.41, 5.74) is 2.07. The molecule has 2 heterocycles. The van der Waals surface area contributed by atoms with Crippen molar-refractivity contribution in [2.24, 2.45) is 0 Å². The highest BCUT2D eigenvalue weighted by atomic mass is 35.5. The molecule has 0 bridgehead atoms. The predicted molar refractivity (Wildman–Crippen MR) is 119 cm³/mol. The Hall–Kier alpha value is -2.89. The quantitative estimate of drug-likeness (QED) is 0.560. The molecule has 1 aliphatic rings. The maximum atomic E-state index is 12.8. The first-order valence-corrected chi connectivity index (χ1v) is 10.5. The molecule has 5 nitrogen and oxygen atoms in total. The molecular formula is C24H24ClN3O2. The Bertz CT molecular complexity index is 921. The van der Waals surface area contributed by atoms with Gasteiger partial charge in [-0.05, 0) is 23.3 Å². The number of benzene rings is 2. The Morgan fingerprint density at radius 2 is 1.47 bits per heavy atom. The summed E-state index contributed by atoms with van der Waals surface area (Å²) >= 11 is 6.00. The Morgan fingerprint density at radius 3 is 2.03 bits per heavy atom. The fraction of sp³-hybridized carbons (Fsp3) is 0.250. The van der Waals surface area contributed by atoms with Gasteiger partial charge >= 0.3 is 0 Å². The zero-order chi connectivity index (χ0) is 20.8. The SMILES string of the molecule is O=C(COC(c1ccccc1)c1ccccc1)N1CCN(c2cccc(Cl)n2)CC1. The van der Waals surface area contributed by atoms with Gasteiger partial charge in [-0.15, -0.1) is 0 Å². The van der Waals surface area contributed by atoms with Crippen LogP contribution in [0.2, 0.25) is 5.15 Å². The van der Waals surface area contributed by atoms with Crippen molar-refractivity contribution < 1.29 is 9.53 Å². The van der Waals surface area contributed by atoms with Crippen molar-refractivity contribution in [3.63, 3.8) is 0 Å². The Labute approximate surface area is 181 Å². The van der Waals surface area contributed by atoms with Crippen LogP contribution in [0.5, 0.6) is 0 Å². The second-order valence-corrected chi connectivity index (χ2v) is 7.59. The average molecular weight is 422 g/mol. The zero-order valence-corrected chi connectivity index (χ0v) is 17.4. The molecule has 0 aliphatic carbocycles. The first kappa shape index (κ1) is 20.4. The number of pyridine rings is 1. The number of halogens is 1. The van der Waals surface area contributed by atoms with Gasteiger partial charge in [0.1, 0.15) is 23.7 Å². The van der Waals surface area contributed by atoms with Crippen molar-refractivity contribution in [2.45, 2.75) is 6.10 Å². The van der Waals surface area contributed by atoms with E-state index in [0.29, 0.717) is 18.2 Å². The molecule has 6 heteroatoms. The van der Waals surface area contributed by atoms with E-state index < -0.39 is 0 Å². The maximum Gasteiger partial charge on any atom is 0.248 e. The topological polar surface area (TPSA) is 45.7 Å². The fourth-order valence-electron chi connectivity index (χ4n) is 3.65. The summed E-state index contributed by atoms with van der Waals surface area (Å²) < 4.78 is 6.12. The van der Waals surface area contributed by atoms with Crippen molar-refractivity contribution in [2.75, 3.05) is 37.7 Å². The number of nitrogens with zero attached hydrogens (tertiary/aromatic N) is 3. The van der Waals surface area contributed by atoms with Crippen LogP contribution in [0, 0.1) is 0 Å². The van der Waals surface area contributed by atoms with E-state index in [0.717, 1.165) is 30.0 Å². The van der Waals surface area contributed by atoms with E-state index in [2.05, 4.69) is 9.88 Å². The van der Waals surface area contributed by atoms with Crippen LogP contribution in [0.15, 0.2) is 78.9 Å². The summed E-state index contributed by atoms with van der Waals surface area (Å²) in [6.07, 6.45) is -0.270. The van der Waals surface area contributed by atoms with Crippen LogP contribution in [-0.4, -0.2) is 48.6 Å². The summed E-state index contributed by atoms with van der Waals surface area (Å²) in [5, 5.41) is 0.479.